The summed E-state index contributed by atoms with van der Waals surface area (Å²) in [6.45, 7) is 3.26. The molecule has 0 spiro atoms. The van der Waals surface area contributed by atoms with Gasteiger partial charge >= 0.3 is 0 Å². The highest BCUT2D eigenvalue weighted by molar-refractivity contribution is 5.79. The molecule has 106 valence electrons. The number of anilines is 1. The first-order valence-corrected chi connectivity index (χ1v) is 7.29. The second-order valence-electron chi connectivity index (χ2n) is 5.36. The van der Waals surface area contributed by atoms with E-state index in [4.69, 9.17) is 0 Å². The standard InChI is InChI=1S/C15H20N4O/c20-15(13-4-2-1-3-5-13)19-10-8-18(9-11-19)14-12-16-6-7-17-14/h1-2,6-7,12-13H,3-5,8-11H2/t13-/m0/s1. The van der Waals surface area contributed by atoms with Crippen LogP contribution in [0.2, 0.25) is 0 Å². The lowest BCUT2D eigenvalue weighted by Gasteiger charge is -2.37. The third-order valence-electron chi connectivity index (χ3n) is 4.08. The number of carbonyl (C=O) groups is 1. The van der Waals surface area contributed by atoms with Crippen LogP contribution >= 0.6 is 0 Å². The Morgan fingerprint density at radius 2 is 2.00 bits per heavy atom. The van der Waals surface area contributed by atoms with Crippen molar-refractivity contribution < 1.29 is 4.79 Å². The van der Waals surface area contributed by atoms with Crippen LogP contribution in [0.4, 0.5) is 5.82 Å². The molecule has 1 aliphatic carbocycles. The Bertz CT molecular complexity index is 480. The predicted molar refractivity (Wildman–Crippen MR) is 77.3 cm³/mol. The van der Waals surface area contributed by atoms with Gasteiger partial charge in [0.1, 0.15) is 5.82 Å². The van der Waals surface area contributed by atoms with Crippen molar-refractivity contribution >= 4 is 11.7 Å². The van der Waals surface area contributed by atoms with Crippen LogP contribution in [-0.2, 0) is 4.79 Å². The molecule has 1 aromatic heterocycles. The molecule has 1 atom stereocenters. The Balaban J connectivity index is 1.56. The average Bonchev–Trinajstić information content (AvgIpc) is 2.56. The monoisotopic (exact) mass is 272 g/mol. The number of hydrogen-bond acceptors (Lipinski definition) is 4. The molecule has 2 heterocycles. The number of allylic oxidation sites excluding steroid dienone is 2. The van der Waals surface area contributed by atoms with E-state index in [1.54, 1.807) is 18.6 Å². The van der Waals surface area contributed by atoms with Gasteiger partial charge in [-0.25, -0.2) is 4.98 Å². The number of amides is 1. The second-order valence-corrected chi connectivity index (χ2v) is 5.36. The van der Waals surface area contributed by atoms with Crippen LogP contribution in [-0.4, -0.2) is 47.0 Å². The van der Waals surface area contributed by atoms with E-state index in [1.165, 1.54) is 0 Å². The summed E-state index contributed by atoms with van der Waals surface area (Å²) in [5.74, 6) is 1.43. The Hall–Kier alpha value is -1.91. The fraction of sp³-hybridized carbons (Fsp3) is 0.533. The van der Waals surface area contributed by atoms with Crippen LogP contribution in [0.3, 0.4) is 0 Å². The minimum atomic E-state index is 0.197. The van der Waals surface area contributed by atoms with E-state index >= 15 is 0 Å². The summed E-state index contributed by atoms with van der Waals surface area (Å²) < 4.78 is 0. The number of piperazine rings is 1. The smallest absolute Gasteiger partial charge is 0.226 e. The fourth-order valence-electron chi connectivity index (χ4n) is 2.89. The quantitative estimate of drug-likeness (QED) is 0.765. The van der Waals surface area contributed by atoms with Gasteiger partial charge in [0.2, 0.25) is 5.91 Å². The molecule has 0 radical (unpaired) electrons. The molecule has 1 fully saturated rings. The lowest BCUT2D eigenvalue weighted by molar-refractivity contribution is -0.136. The molecule has 0 bridgehead atoms. The molecular weight excluding hydrogens is 252 g/mol. The van der Waals surface area contributed by atoms with Crippen molar-refractivity contribution in [2.75, 3.05) is 31.1 Å². The van der Waals surface area contributed by atoms with E-state index in [9.17, 15) is 4.79 Å². The summed E-state index contributed by atoms with van der Waals surface area (Å²) in [5, 5.41) is 0. The van der Waals surface area contributed by atoms with Gasteiger partial charge < -0.3 is 9.80 Å². The molecule has 1 amide bonds. The van der Waals surface area contributed by atoms with Crippen LogP contribution in [0, 0.1) is 5.92 Å². The van der Waals surface area contributed by atoms with Gasteiger partial charge in [0.05, 0.1) is 6.20 Å². The van der Waals surface area contributed by atoms with E-state index in [1.807, 2.05) is 4.90 Å². The van der Waals surface area contributed by atoms with Crippen molar-refractivity contribution in [1.82, 2.24) is 14.9 Å². The van der Waals surface area contributed by atoms with Crippen molar-refractivity contribution in [3.63, 3.8) is 0 Å². The molecule has 1 aromatic rings. The Labute approximate surface area is 119 Å². The molecule has 20 heavy (non-hydrogen) atoms. The number of aromatic nitrogens is 2. The van der Waals surface area contributed by atoms with E-state index in [0.717, 1.165) is 51.3 Å². The summed E-state index contributed by atoms with van der Waals surface area (Å²) in [4.78, 5) is 25.1. The molecule has 5 heteroatoms. The topological polar surface area (TPSA) is 49.3 Å². The van der Waals surface area contributed by atoms with Crippen molar-refractivity contribution in [3.8, 4) is 0 Å². The van der Waals surface area contributed by atoms with Crippen LogP contribution < -0.4 is 4.90 Å². The molecule has 0 unspecified atom stereocenters. The normalized spacial score (nSPS) is 22.9. The molecule has 0 aromatic carbocycles. The molecule has 1 aliphatic heterocycles. The molecule has 3 rings (SSSR count). The van der Waals surface area contributed by atoms with Gasteiger partial charge in [0.15, 0.2) is 0 Å². The molecule has 5 nitrogen and oxygen atoms in total. The number of nitrogens with zero attached hydrogens (tertiary/aromatic N) is 4. The highest BCUT2D eigenvalue weighted by Gasteiger charge is 2.27. The first-order valence-electron chi connectivity index (χ1n) is 7.29. The summed E-state index contributed by atoms with van der Waals surface area (Å²) in [6, 6.07) is 0. The molecule has 0 N–H and O–H groups in total. The Kier molecular flexibility index (Phi) is 3.95. The third kappa shape index (κ3) is 2.81. The largest absolute Gasteiger partial charge is 0.352 e. The predicted octanol–water partition coefficient (Wildman–Crippen LogP) is 1.48. The average molecular weight is 272 g/mol. The summed E-state index contributed by atoms with van der Waals surface area (Å²) in [7, 11) is 0. The van der Waals surface area contributed by atoms with E-state index in [-0.39, 0.29) is 5.92 Å². The first-order chi connectivity index (χ1) is 9.84. The second kappa shape index (κ2) is 6.03. The highest BCUT2D eigenvalue weighted by Crippen LogP contribution is 2.22. The SMILES string of the molecule is O=C([C@H]1CC=CCC1)N1CCN(c2cnccn2)CC1. The highest BCUT2D eigenvalue weighted by atomic mass is 16.2. The van der Waals surface area contributed by atoms with Gasteiger partial charge in [-0.3, -0.25) is 9.78 Å². The van der Waals surface area contributed by atoms with Crippen molar-refractivity contribution in [2.45, 2.75) is 19.3 Å². The van der Waals surface area contributed by atoms with E-state index in [2.05, 4.69) is 27.0 Å². The van der Waals surface area contributed by atoms with Crippen molar-refractivity contribution in [2.24, 2.45) is 5.92 Å². The number of hydrogen-bond donors (Lipinski definition) is 0. The van der Waals surface area contributed by atoms with Crippen LogP contribution in [0.1, 0.15) is 19.3 Å². The Morgan fingerprint density at radius 1 is 1.15 bits per heavy atom. The van der Waals surface area contributed by atoms with Gasteiger partial charge in [-0.1, -0.05) is 12.2 Å². The van der Waals surface area contributed by atoms with Crippen LogP contribution in [0.5, 0.6) is 0 Å². The minimum absolute atomic E-state index is 0.197. The van der Waals surface area contributed by atoms with E-state index < -0.39 is 0 Å². The molecule has 2 aliphatic rings. The zero-order chi connectivity index (χ0) is 13.8. The van der Waals surface area contributed by atoms with Crippen molar-refractivity contribution in [3.05, 3.63) is 30.7 Å². The lowest BCUT2D eigenvalue weighted by Crippen LogP contribution is -2.50. The number of rotatable bonds is 2. The lowest BCUT2D eigenvalue weighted by atomic mass is 9.93. The van der Waals surface area contributed by atoms with Gasteiger partial charge in [-0.15, -0.1) is 0 Å². The van der Waals surface area contributed by atoms with E-state index in [0.29, 0.717) is 5.91 Å². The van der Waals surface area contributed by atoms with Gasteiger partial charge in [-0.2, -0.15) is 0 Å². The molecule has 1 saturated heterocycles. The minimum Gasteiger partial charge on any atom is -0.352 e. The zero-order valence-electron chi connectivity index (χ0n) is 11.6. The number of carbonyl (C=O) groups excluding carboxylic acids is 1. The maximum Gasteiger partial charge on any atom is 0.226 e. The summed E-state index contributed by atoms with van der Waals surface area (Å²) in [5.41, 5.74) is 0. The molecular formula is C15H20N4O. The van der Waals surface area contributed by atoms with Crippen LogP contribution in [0.15, 0.2) is 30.7 Å². The van der Waals surface area contributed by atoms with Gasteiger partial charge in [0, 0.05) is 44.5 Å². The fourth-order valence-corrected chi connectivity index (χ4v) is 2.89. The maximum atomic E-state index is 12.4. The third-order valence-corrected chi connectivity index (χ3v) is 4.08. The van der Waals surface area contributed by atoms with Crippen LogP contribution in [0.25, 0.3) is 0 Å². The van der Waals surface area contributed by atoms with Crippen molar-refractivity contribution in [1.29, 1.82) is 0 Å². The summed E-state index contributed by atoms with van der Waals surface area (Å²) in [6.07, 6.45) is 12.4. The Morgan fingerprint density at radius 3 is 2.65 bits per heavy atom. The van der Waals surface area contributed by atoms with Gasteiger partial charge in [0.25, 0.3) is 0 Å². The first kappa shape index (κ1) is 13.1. The molecule has 0 saturated carbocycles. The van der Waals surface area contributed by atoms with Gasteiger partial charge in [-0.05, 0) is 19.3 Å². The summed E-state index contributed by atoms with van der Waals surface area (Å²) >= 11 is 0. The maximum absolute atomic E-state index is 12.4. The zero-order valence-corrected chi connectivity index (χ0v) is 11.6.